The molecule has 0 unspecified atom stereocenters. The second-order valence-corrected chi connectivity index (χ2v) is 4.16. The Balaban J connectivity index is 2.50. The van der Waals surface area contributed by atoms with E-state index >= 15 is 0 Å². The summed E-state index contributed by atoms with van der Waals surface area (Å²) >= 11 is 3.49. The van der Waals surface area contributed by atoms with Crippen LogP contribution in [-0.4, -0.2) is 10.7 Å². The number of rotatable bonds is 3. The average molecular weight is 185 g/mol. The molecule has 0 spiro atoms. The van der Waals surface area contributed by atoms with E-state index in [0.717, 1.165) is 16.5 Å². The van der Waals surface area contributed by atoms with E-state index in [1.165, 1.54) is 0 Å². The summed E-state index contributed by atoms with van der Waals surface area (Å²) in [5.41, 5.74) is 1.11. The smallest absolute Gasteiger partial charge is 0.116 e. The standard InChI is InChI=1S/C8H11NS2/c1-3-10-5-4-8-9-7(2)6-11-8/h4-6H,3H2,1-2H3. The van der Waals surface area contributed by atoms with Crippen molar-refractivity contribution in [3.05, 3.63) is 21.5 Å². The summed E-state index contributed by atoms with van der Waals surface area (Å²) in [4.78, 5) is 4.30. The molecule has 3 heteroatoms. The lowest BCUT2D eigenvalue weighted by Crippen LogP contribution is -1.69. The van der Waals surface area contributed by atoms with Gasteiger partial charge in [-0.2, -0.15) is 0 Å². The van der Waals surface area contributed by atoms with Crippen LogP contribution in [0.15, 0.2) is 10.8 Å². The van der Waals surface area contributed by atoms with Gasteiger partial charge in [-0.25, -0.2) is 4.98 Å². The first-order valence-electron chi connectivity index (χ1n) is 3.53. The minimum absolute atomic E-state index is 1.10. The number of aryl methyl sites for hydroxylation is 1. The molecule has 0 aliphatic heterocycles. The molecule has 0 saturated carbocycles. The van der Waals surface area contributed by atoms with Gasteiger partial charge >= 0.3 is 0 Å². The van der Waals surface area contributed by atoms with Gasteiger partial charge in [0.25, 0.3) is 0 Å². The summed E-state index contributed by atoms with van der Waals surface area (Å²) in [6.45, 7) is 4.16. The highest BCUT2D eigenvalue weighted by Gasteiger charge is 1.90. The van der Waals surface area contributed by atoms with Crippen LogP contribution >= 0.6 is 23.1 Å². The first-order valence-corrected chi connectivity index (χ1v) is 5.46. The Kier molecular flexibility index (Phi) is 3.66. The zero-order chi connectivity index (χ0) is 8.10. The number of nitrogens with zero attached hydrogens (tertiary/aromatic N) is 1. The number of thiazole rings is 1. The van der Waals surface area contributed by atoms with Gasteiger partial charge < -0.3 is 0 Å². The summed E-state index contributed by atoms with van der Waals surface area (Å²) < 4.78 is 0. The van der Waals surface area contributed by atoms with Gasteiger partial charge in [-0.3, -0.25) is 0 Å². The van der Waals surface area contributed by atoms with Crippen molar-refractivity contribution >= 4 is 29.2 Å². The molecule has 0 aliphatic carbocycles. The molecule has 0 N–H and O–H groups in total. The summed E-state index contributed by atoms with van der Waals surface area (Å²) in [6, 6.07) is 0. The SMILES string of the molecule is CCSC=Cc1nc(C)cs1. The van der Waals surface area contributed by atoms with E-state index in [4.69, 9.17) is 0 Å². The molecule has 1 aromatic heterocycles. The van der Waals surface area contributed by atoms with Crippen molar-refractivity contribution in [3.8, 4) is 0 Å². The molecule has 0 saturated heterocycles. The normalized spacial score (nSPS) is 11.1. The van der Waals surface area contributed by atoms with E-state index < -0.39 is 0 Å². The van der Waals surface area contributed by atoms with Crippen LogP contribution in [0.2, 0.25) is 0 Å². The van der Waals surface area contributed by atoms with Gasteiger partial charge in [0, 0.05) is 11.1 Å². The predicted octanol–water partition coefficient (Wildman–Crippen LogP) is 3.18. The molecule has 0 bridgehead atoms. The Morgan fingerprint density at radius 1 is 1.73 bits per heavy atom. The van der Waals surface area contributed by atoms with E-state index in [-0.39, 0.29) is 0 Å². The maximum absolute atomic E-state index is 4.30. The molecule has 1 rings (SSSR count). The molecule has 0 fully saturated rings. The molecular formula is C8H11NS2. The lowest BCUT2D eigenvalue weighted by Gasteiger charge is -1.82. The zero-order valence-electron chi connectivity index (χ0n) is 6.70. The van der Waals surface area contributed by atoms with Gasteiger partial charge in [0.1, 0.15) is 5.01 Å². The highest BCUT2D eigenvalue weighted by Crippen LogP contribution is 2.12. The minimum Gasteiger partial charge on any atom is -0.242 e. The van der Waals surface area contributed by atoms with E-state index in [9.17, 15) is 0 Å². The van der Waals surface area contributed by atoms with Crippen molar-refractivity contribution in [2.24, 2.45) is 0 Å². The lowest BCUT2D eigenvalue weighted by molar-refractivity contribution is 1.25. The van der Waals surface area contributed by atoms with Gasteiger partial charge in [0.15, 0.2) is 0 Å². The van der Waals surface area contributed by atoms with Crippen molar-refractivity contribution in [3.63, 3.8) is 0 Å². The van der Waals surface area contributed by atoms with E-state index in [2.05, 4.69) is 28.8 Å². The van der Waals surface area contributed by atoms with Gasteiger partial charge in [0.2, 0.25) is 0 Å². The van der Waals surface area contributed by atoms with Crippen LogP contribution < -0.4 is 0 Å². The van der Waals surface area contributed by atoms with Crippen molar-refractivity contribution < 1.29 is 0 Å². The van der Waals surface area contributed by atoms with Crippen LogP contribution in [0.1, 0.15) is 17.6 Å². The first kappa shape index (κ1) is 8.81. The van der Waals surface area contributed by atoms with Crippen molar-refractivity contribution in [2.45, 2.75) is 13.8 Å². The predicted molar refractivity (Wildman–Crippen MR) is 54.0 cm³/mol. The van der Waals surface area contributed by atoms with E-state index in [1.54, 1.807) is 23.1 Å². The Hall–Kier alpha value is -0.280. The van der Waals surface area contributed by atoms with Crippen LogP contribution in [0.25, 0.3) is 6.08 Å². The average Bonchev–Trinajstić information content (AvgIpc) is 2.37. The third kappa shape index (κ3) is 3.08. The van der Waals surface area contributed by atoms with E-state index in [1.807, 2.05) is 6.92 Å². The van der Waals surface area contributed by atoms with Crippen LogP contribution in [0, 0.1) is 6.92 Å². The van der Waals surface area contributed by atoms with Crippen molar-refractivity contribution in [1.29, 1.82) is 0 Å². The molecule has 11 heavy (non-hydrogen) atoms. The number of thioether (sulfide) groups is 1. The largest absolute Gasteiger partial charge is 0.242 e. The van der Waals surface area contributed by atoms with Crippen molar-refractivity contribution in [2.75, 3.05) is 5.75 Å². The maximum Gasteiger partial charge on any atom is 0.116 e. The summed E-state index contributed by atoms with van der Waals surface area (Å²) in [7, 11) is 0. The Morgan fingerprint density at radius 2 is 2.55 bits per heavy atom. The van der Waals surface area contributed by atoms with Crippen LogP contribution in [-0.2, 0) is 0 Å². The number of aromatic nitrogens is 1. The fourth-order valence-electron chi connectivity index (χ4n) is 0.651. The third-order valence-corrected chi connectivity index (χ3v) is 2.70. The fourth-order valence-corrected chi connectivity index (χ4v) is 1.84. The molecule has 1 nitrogen and oxygen atoms in total. The van der Waals surface area contributed by atoms with Gasteiger partial charge in [0.05, 0.1) is 0 Å². The third-order valence-electron chi connectivity index (χ3n) is 1.11. The summed E-state index contributed by atoms with van der Waals surface area (Å²) in [5.74, 6) is 1.13. The molecule has 1 aromatic rings. The fraction of sp³-hybridized carbons (Fsp3) is 0.375. The summed E-state index contributed by atoms with van der Waals surface area (Å²) in [5, 5.41) is 5.26. The molecule has 0 atom stereocenters. The van der Waals surface area contributed by atoms with Crippen LogP contribution in [0.5, 0.6) is 0 Å². The molecule has 0 aliphatic rings. The molecular weight excluding hydrogens is 174 g/mol. The number of hydrogen-bond acceptors (Lipinski definition) is 3. The maximum atomic E-state index is 4.30. The lowest BCUT2D eigenvalue weighted by atomic mass is 10.6. The molecule has 60 valence electrons. The molecule has 0 aromatic carbocycles. The second kappa shape index (κ2) is 4.57. The van der Waals surface area contributed by atoms with Crippen LogP contribution in [0.3, 0.4) is 0 Å². The Labute approximate surface area is 75.5 Å². The highest BCUT2D eigenvalue weighted by molar-refractivity contribution is 8.02. The first-order chi connectivity index (χ1) is 5.33. The molecule has 0 amide bonds. The second-order valence-electron chi connectivity index (χ2n) is 2.09. The minimum atomic E-state index is 1.10. The monoisotopic (exact) mass is 185 g/mol. The van der Waals surface area contributed by atoms with Gasteiger partial charge in [-0.1, -0.05) is 6.92 Å². The topological polar surface area (TPSA) is 12.9 Å². The molecule has 1 heterocycles. The quantitative estimate of drug-likeness (QED) is 0.717. The summed E-state index contributed by atoms with van der Waals surface area (Å²) in [6.07, 6.45) is 2.06. The van der Waals surface area contributed by atoms with Crippen molar-refractivity contribution in [1.82, 2.24) is 4.98 Å². The number of hydrogen-bond donors (Lipinski definition) is 0. The van der Waals surface area contributed by atoms with Crippen LogP contribution in [0.4, 0.5) is 0 Å². The van der Waals surface area contributed by atoms with E-state index in [0.29, 0.717) is 0 Å². The van der Waals surface area contributed by atoms with Gasteiger partial charge in [-0.05, 0) is 24.2 Å². The molecule has 0 radical (unpaired) electrons. The van der Waals surface area contributed by atoms with Gasteiger partial charge in [-0.15, -0.1) is 23.1 Å². The highest BCUT2D eigenvalue weighted by atomic mass is 32.2. The zero-order valence-corrected chi connectivity index (χ0v) is 8.34. The Bertz CT molecular complexity index is 240. The Morgan fingerprint density at radius 3 is 3.09 bits per heavy atom.